The Morgan fingerprint density at radius 2 is 1.83 bits per heavy atom. The van der Waals surface area contributed by atoms with Crippen LogP contribution in [0.2, 0.25) is 0 Å². The van der Waals surface area contributed by atoms with Gasteiger partial charge in [0.05, 0.1) is 12.7 Å². The van der Waals surface area contributed by atoms with E-state index >= 15 is 0 Å². The maximum absolute atomic E-state index is 14.6. The van der Waals surface area contributed by atoms with Crippen LogP contribution in [0.15, 0.2) is 36.9 Å². The molecule has 1 saturated carbocycles. The molecule has 4 heteroatoms. The van der Waals surface area contributed by atoms with Crippen molar-refractivity contribution >= 4 is 0 Å². The zero-order chi connectivity index (χ0) is 20.6. The highest BCUT2D eigenvalue weighted by molar-refractivity contribution is 5.33. The molecular formula is C25H34F2O2. The molecule has 2 atom stereocenters. The fourth-order valence-electron chi connectivity index (χ4n) is 4.75. The van der Waals surface area contributed by atoms with Gasteiger partial charge >= 0.3 is 0 Å². The summed E-state index contributed by atoms with van der Waals surface area (Å²) < 4.78 is 40.1. The smallest absolute Gasteiger partial charge is 0.200 e. The molecule has 0 radical (unpaired) electrons. The number of ether oxygens (including phenoxy) is 2. The van der Waals surface area contributed by atoms with Crippen LogP contribution in [0.25, 0.3) is 0 Å². The molecule has 1 saturated heterocycles. The quantitative estimate of drug-likeness (QED) is 0.436. The molecule has 1 aromatic carbocycles. The van der Waals surface area contributed by atoms with E-state index in [4.69, 9.17) is 9.47 Å². The van der Waals surface area contributed by atoms with Gasteiger partial charge in [0.15, 0.2) is 11.6 Å². The van der Waals surface area contributed by atoms with E-state index in [0.717, 1.165) is 45.1 Å². The van der Waals surface area contributed by atoms with Gasteiger partial charge in [-0.2, -0.15) is 4.39 Å². The van der Waals surface area contributed by atoms with Gasteiger partial charge in [0.1, 0.15) is 6.61 Å². The number of allylic oxidation sites excluding steroid dienone is 1. The first kappa shape index (κ1) is 22.0. The van der Waals surface area contributed by atoms with E-state index < -0.39 is 11.6 Å². The summed E-state index contributed by atoms with van der Waals surface area (Å²) in [5, 5.41) is 0. The third-order valence-electron chi connectivity index (χ3n) is 6.46. The molecule has 29 heavy (non-hydrogen) atoms. The molecule has 160 valence electrons. The van der Waals surface area contributed by atoms with Crippen LogP contribution >= 0.6 is 0 Å². The molecule has 0 bridgehead atoms. The standard InChI is InChI=1S/C25H34F2O2/c1-3-5-6-7-21-13-12-20(17-29-21)18-8-10-19(11-9-18)22-14-15-23(28-16-4-2)25(27)24(22)26/h4,6-7,14-15,18-21H,2-3,5,8-13,16-17H2,1H3. The van der Waals surface area contributed by atoms with Crippen molar-refractivity contribution in [3.63, 3.8) is 0 Å². The minimum Gasteiger partial charge on any atom is -0.486 e. The molecule has 1 aliphatic carbocycles. The average Bonchev–Trinajstić information content (AvgIpc) is 2.76. The van der Waals surface area contributed by atoms with Crippen LogP contribution in [-0.4, -0.2) is 19.3 Å². The lowest BCUT2D eigenvalue weighted by Gasteiger charge is -2.37. The zero-order valence-corrected chi connectivity index (χ0v) is 17.5. The van der Waals surface area contributed by atoms with Crippen LogP contribution < -0.4 is 4.74 Å². The zero-order valence-electron chi connectivity index (χ0n) is 17.5. The van der Waals surface area contributed by atoms with Crippen molar-refractivity contribution in [2.24, 2.45) is 11.8 Å². The summed E-state index contributed by atoms with van der Waals surface area (Å²) in [6, 6.07) is 3.24. The van der Waals surface area contributed by atoms with Crippen LogP contribution in [0, 0.1) is 23.5 Å². The number of hydrogen-bond acceptors (Lipinski definition) is 2. The summed E-state index contributed by atoms with van der Waals surface area (Å²) in [5.74, 6) is -0.352. The summed E-state index contributed by atoms with van der Waals surface area (Å²) in [7, 11) is 0. The monoisotopic (exact) mass is 404 g/mol. The average molecular weight is 405 g/mol. The maximum Gasteiger partial charge on any atom is 0.200 e. The van der Waals surface area contributed by atoms with E-state index in [0.29, 0.717) is 17.4 Å². The van der Waals surface area contributed by atoms with Crippen molar-refractivity contribution in [3.05, 3.63) is 54.1 Å². The second-order valence-electron chi connectivity index (χ2n) is 8.42. The lowest BCUT2D eigenvalue weighted by Crippen LogP contribution is -2.31. The minimum atomic E-state index is -0.880. The normalized spacial score (nSPS) is 27.8. The Morgan fingerprint density at radius 3 is 2.48 bits per heavy atom. The van der Waals surface area contributed by atoms with Gasteiger partial charge in [-0.3, -0.25) is 0 Å². The van der Waals surface area contributed by atoms with Crippen LogP contribution in [-0.2, 0) is 4.74 Å². The molecule has 2 unspecified atom stereocenters. The van der Waals surface area contributed by atoms with Crippen molar-refractivity contribution in [2.45, 2.75) is 70.3 Å². The molecule has 0 N–H and O–H groups in total. The minimum absolute atomic E-state index is 0.0401. The molecular weight excluding hydrogens is 370 g/mol. The van der Waals surface area contributed by atoms with Crippen LogP contribution in [0.3, 0.4) is 0 Å². The van der Waals surface area contributed by atoms with Crippen LogP contribution in [0.5, 0.6) is 5.75 Å². The summed E-state index contributed by atoms with van der Waals surface area (Å²) in [6.45, 7) is 6.71. The highest BCUT2D eigenvalue weighted by Crippen LogP contribution is 2.42. The fourth-order valence-corrected chi connectivity index (χ4v) is 4.75. The summed E-state index contributed by atoms with van der Waals surface area (Å²) in [6.07, 6.45) is 14.8. The van der Waals surface area contributed by atoms with Gasteiger partial charge in [-0.15, -0.1) is 0 Å². The second-order valence-corrected chi connectivity index (χ2v) is 8.42. The van der Waals surface area contributed by atoms with Crippen LogP contribution in [0.1, 0.15) is 69.8 Å². The number of halogens is 2. The van der Waals surface area contributed by atoms with Gasteiger partial charge in [-0.25, -0.2) is 4.39 Å². The predicted molar refractivity (Wildman–Crippen MR) is 113 cm³/mol. The fraction of sp³-hybridized carbons (Fsp3) is 0.600. The molecule has 1 aliphatic heterocycles. The van der Waals surface area contributed by atoms with Gasteiger partial charge in [0.2, 0.25) is 5.82 Å². The van der Waals surface area contributed by atoms with Gasteiger partial charge in [-0.05, 0) is 74.3 Å². The van der Waals surface area contributed by atoms with Gasteiger partial charge in [-0.1, -0.05) is 44.2 Å². The number of benzene rings is 1. The predicted octanol–water partition coefficient (Wildman–Crippen LogP) is 6.95. The Hall–Kier alpha value is -1.68. The maximum atomic E-state index is 14.6. The van der Waals surface area contributed by atoms with Gasteiger partial charge in [0.25, 0.3) is 0 Å². The highest BCUT2D eigenvalue weighted by Gasteiger charge is 2.32. The van der Waals surface area contributed by atoms with Crippen molar-refractivity contribution in [3.8, 4) is 5.75 Å². The number of hydrogen-bond donors (Lipinski definition) is 0. The second kappa shape index (κ2) is 10.9. The largest absolute Gasteiger partial charge is 0.486 e. The lowest BCUT2D eigenvalue weighted by atomic mass is 9.72. The molecule has 2 nitrogen and oxygen atoms in total. The molecule has 1 heterocycles. The van der Waals surface area contributed by atoms with E-state index in [1.165, 1.54) is 18.9 Å². The Morgan fingerprint density at radius 1 is 1.07 bits per heavy atom. The molecule has 0 amide bonds. The first-order valence-electron chi connectivity index (χ1n) is 11.1. The Bertz CT molecular complexity index is 684. The van der Waals surface area contributed by atoms with Crippen molar-refractivity contribution in [2.75, 3.05) is 13.2 Å². The molecule has 3 rings (SSSR count). The van der Waals surface area contributed by atoms with Crippen molar-refractivity contribution in [1.82, 2.24) is 0 Å². The van der Waals surface area contributed by atoms with E-state index in [1.54, 1.807) is 12.1 Å². The summed E-state index contributed by atoms with van der Waals surface area (Å²) in [5.41, 5.74) is 0.493. The summed E-state index contributed by atoms with van der Waals surface area (Å²) in [4.78, 5) is 0. The van der Waals surface area contributed by atoms with Crippen molar-refractivity contribution < 1.29 is 18.3 Å². The lowest BCUT2D eigenvalue weighted by molar-refractivity contribution is -0.0150. The summed E-state index contributed by atoms with van der Waals surface area (Å²) >= 11 is 0. The third kappa shape index (κ3) is 5.69. The topological polar surface area (TPSA) is 18.5 Å². The highest BCUT2D eigenvalue weighted by atomic mass is 19.2. The Balaban J connectivity index is 1.51. The Labute approximate surface area is 174 Å². The number of unbranched alkanes of at least 4 members (excludes halogenated alkanes) is 1. The van der Waals surface area contributed by atoms with E-state index in [2.05, 4.69) is 25.7 Å². The van der Waals surface area contributed by atoms with Gasteiger partial charge in [0, 0.05) is 0 Å². The molecule has 2 aliphatic rings. The number of rotatable bonds is 8. The molecule has 2 fully saturated rings. The molecule has 1 aromatic rings. The van der Waals surface area contributed by atoms with Crippen LogP contribution in [0.4, 0.5) is 8.78 Å². The van der Waals surface area contributed by atoms with Crippen molar-refractivity contribution in [1.29, 1.82) is 0 Å². The first-order valence-corrected chi connectivity index (χ1v) is 11.1. The third-order valence-corrected chi connectivity index (χ3v) is 6.46. The SMILES string of the molecule is C=CCOc1ccc(C2CCC(C3CCC(C=CCCC)OC3)CC2)c(F)c1F. The molecule has 0 spiro atoms. The van der Waals surface area contributed by atoms with E-state index in [1.807, 2.05) is 0 Å². The molecule has 0 aromatic heterocycles. The van der Waals surface area contributed by atoms with Gasteiger partial charge < -0.3 is 9.47 Å². The first-order chi connectivity index (χ1) is 14.1. The Kier molecular flexibility index (Phi) is 8.29. The van der Waals surface area contributed by atoms with E-state index in [9.17, 15) is 8.78 Å². The van der Waals surface area contributed by atoms with E-state index in [-0.39, 0.29) is 24.4 Å².